The van der Waals surface area contributed by atoms with E-state index in [9.17, 15) is 13.5 Å². The maximum absolute atomic E-state index is 11.4. The van der Waals surface area contributed by atoms with Gasteiger partial charge in [-0.15, -0.1) is 0 Å². The zero-order chi connectivity index (χ0) is 12.2. The molecular weight excluding hydrogens is 228 g/mol. The van der Waals surface area contributed by atoms with Gasteiger partial charge in [0.25, 0.3) is 0 Å². The monoisotopic (exact) mass is 250 g/mol. The minimum atomic E-state index is -2.85. The summed E-state index contributed by atoms with van der Waals surface area (Å²) >= 11 is 0. The van der Waals surface area contributed by atoms with Crippen LogP contribution in [0.2, 0.25) is 0 Å². The lowest BCUT2D eigenvalue weighted by Crippen LogP contribution is -2.53. The summed E-state index contributed by atoms with van der Waals surface area (Å²) < 4.78 is 22.9. The fraction of sp³-hybridized carbons (Fsp3) is 1.00. The first kappa shape index (κ1) is 13.9. The van der Waals surface area contributed by atoms with Crippen molar-refractivity contribution in [1.82, 2.24) is 10.2 Å². The number of aliphatic hydroxyl groups is 1. The molecule has 1 aliphatic rings. The van der Waals surface area contributed by atoms with Gasteiger partial charge in [-0.1, -0.05) is 0 Å². The number of hydrogen-bond donors (Lipinski definition) is 2. The van der Waals surface area contributed by atoms with Gasteiger partial charge in [-0.2, -0.15) is 0 Å². The maximum atomic E-state index is 11.4. The fourth-order valence-electron chi connectivity index (χ4n) is 1.85. The summed E-state index contributed by atoms with van der Waals surface area (Å²) in [4.78, 5) is 2.11. The van der Waals surface area contributed by atoms with Crippen molar-refractivity contribution in [3.63, 3.8) is 0 Å². The lowest BCUT2D eigenvalue weighted by atomic mass is 10.0. The van der Waals surface area contributed by atoms with Gasteiger partial charge in [0.15, 0.2) is 9.84 Å². The summed E-state index contributed by atoms with van der Waals surface area (Å²) in [7, 11) is -1.04. The van der Waals surface area contributed by atoms with Crippen LogP contribution in [0.5, 0.6) is 0 Å². The molecule has 1 rings (SSSR count). The highest BCUT2D eigenvalue weighted by Crippen LogP contribution is 2.10. The van der Waals surface area contributed by atoms with Crippen LogP contribution in [0, 0.1) is 0 Å². The van der Waals surface area contributed by atoms with E-state index in [4.69, 9.17) is 0 Å². The lowest BCUT2D eigenvalue weighted by Gasteiger charge is -2.33. The second kappa shape index (κ2) is 5.44. The molecule has 0 bridgehead atoms. The Bertz CT molecular complexity index is 312. The van der Waals surface area contributed by atoms with E-state index in [0.29, 0.717) is 25.3 Å². The van der Waals surface area contributed by atoms with Gasteiger partial charge in [0.2, 0.25) is 0 Å². The number of nitrogens with one attached hydrogen (secondary N) is 1. The van der Waals surface area contributed by atoms with Crippen molar-refractivity contribution in [2.24, 2.45) is 0 Å². The summed E-state index contributed by atoms with van der Waals surface area (Å²) in [6.07, 6.45) is 0.688. The summed E-state index contributed by atoms with van der Waals surface area (Å²) in [5.74, 6) is 0.525. The van der Waals surface area contributed by atoms with Gasteiger partial charge in [-0.25, -0.2) is 8.42 Å². The van der Waals surface area contributed by atoms with Gasteiger partial charge in [-0.3, -0.25) is 0 Å². The van der Waals surface area contributed by atoms with Crippen LogP contribution in [-0.2, 0) is 9.84 Å². The molecule has 0 radical (unpaired) electrons. The first-order chi connectivity index (χ1) is 7.41. The van der Waals surface area contributed by atoms with E-state index in [1.807, 2.05) is 14.0 Å². The van der Waals surface area contributed by atoms with Crippen LogP contribution in [0.3, 0.4) is 0 Å². The smallest absolute Gasteiger partial charge is 0.151 e. The number of hydrogen-bond acceptors (Lipinski definition) is 5. The van der Waals surface area contributed by atoms with Gasteiger partial charge in [0.1, 0.15) is 0 Å². The number of aliphatic hydroxyl groups excluding tert-OH is 1. The van der Waals surface area contributed by atoms with Crippen molar-refractivity contribution in [3.8, 4) is 0 Å². The lowest BCUT2D eigenvalue weighted by molar-refractivity contribution is 0.130. The van der Waals surface area contributed by atoms with Crippen molar-refractivity contribution in [2.45, 2.75) is 18.9 Å². The zero-order valence-corrected chi connectivity index (χ0v) is 10.9. The Morgan fingerprint density at radius 1 is 1.38 bits per heavy atom. The van der Waals surface area contributed by atoms with E-state index < -0.39 is 9.84 Å². The van der Waals surface area contributed by atoms with Crippen molar-refractivity contribution in [1.29, 1.82) is 0 Å². The Labute approximate surface area is 97.7 Å². The van der Waals surface area contributed by atoms with Crippen LogP contribution in [0.15, 0.2) is 0 Å². The van der Waals surface area contributed by atoms with E-state index in [-0.39, 0.29) is 17.9 Å². The Morgan fingerprint density at radius 3 is 2.62 bits per heavy atom. The average Bonchev–Trinajstić information content (AvgIpc) is 2.40. The zero-order valence-electron chi connectivity index (χ0n) is 10.1. The summed E-state index contributed by atoms with van der Waals surface area (Å²) in [6, 6.07) is 0. The topological polar surface area (TPSA) is 69.6 Å². The Hall–Kier alpha value is -0.170. The largest absolute Gasteiger partial charge is 0.394 e. The molecule has 2 N–H and O–H groups in total. The second-order valence-electron chi connectivity index (χ2n) is 4.75. The number of rotatable bonds is 4. The van der Waals surface area contributed by atoms with E-state index in [1.54, 1.807) is 0 Å². The first-order valence-electron chi connectivity index (χ1n) is 5.63. The standard InChI is InChI=1S/C10H22N2O3S/c1-10(9-13,11-2)8-12-4-3-6-16(14,15)7-5-12/h11,13H,3-9H2,1-2H3. The Kier molecular flexibility index (Phi) is 4.73. The van der Waals surface area contributed by atoms with Crippen LogP contribution in [0.4, 0.5) is 0 Å². The van der Waals surface area contributed by atoms with Crippen LogP contribution in [0.1, 0.15) is 13.3 Å². The third kappa shape index (κ3) is 4.01. The molecule has 1 fully saturated rings. The molecule has 0 saturated carbocycles. The highest BCUT2D eigenvalue weighted by Gasteiger charge is 2.27. The highest BCUT2D eigenvalue weighted by molar-refractivity contribution is 7.91. The molecule has 0 aliphatic carbocycles. The van der Waals surface area contributed by atoms with Gasteiger partial charge in [0, 0.05) is 13.1 Å². The molecule has 1 aliphatic heterocycles. The van der Waals surface area contributed by atoms with Gasteiger partial charge in [-0.05, 0) is 26.9 Å². The van der Waals surface area contributed by atoms with Crippen LogP contribution >= 0.6 is 0 Å². The highest BCUT2D eigenvalue weighted by atomic mass is 32.2. The molecule has 0 spiro atoms. The minimum Gasteiger partial charge on any atom is -0.394 e. The van der Waals surface area contributed by atoms with Crippen LogP contribution in [0.25, 0.3) is 0 Å². The molecule has 0 aromatic heterocycles. The van der Waals surface area contributed by atoms with E-state index in [2.05, 4.69) is 10.2 Å². The van der Waals surface area contributed by atoms with Crippen LogP contribution in [-0.4, -0.2) is 68.8 Å². The van der Waals surface area contributed by atoms with E-state index >= 15 is 0 Å². The third-order valence-corrected chi connectivity index (χ3v) is 4.89. The summed E-state index contributed by atoms with van der Waals surface area (Å²) in [5.41, 5.74) is -0.353. The Morgan fingerprint density at radius 2 is 2.06 bits per heavy atom. The Balaban J connectivity index is 2.56. The summed E-state index contributed by atoms with van der Waals surface area (Å²) in [5, 5.41) is 12.4. The van der Waals surface area contributed by atoms with Gasteiger partial charge >= 0.3 is 0 Å². The van der Waals surface area contributed by atoms with E-state index in [1.165, 1.54) is 0 Å². The first-order valence-corrected chi connectivity index (χ1v) is 7.45. The molecule has 96 valence electrons. The van der Waals surface area contributed by atoms with Crippen molar-refractivity contribution >= 4 is 9.84 Å². The SMILES string of the molecule is CNC(C)(CO)CN1CCCS(=O)(=O)CC1. The second-order valence-corrected chi connectivity index (χ2v) is 7.05. The molecule has 16 heavy (non-hydrogen) atoms. The predicted molar refractivity (Wildman–Crippen MR) is 64.3 cm³/mol. The molecule has 1 heterocycles. The number of likely N-dealkylation sites (N-methyl/N-ethyl adjacent to an activating group) is 1. The molecule has 0 aromatic carbocycles. The third-order valence-electron chi connectivity index (χ3n) is 3.17. The van der Waals surface area contributed by atoms with Crippen LogP contribution < -0.4 is 5.32 Å². The minimum absolute atomic E-state index is 0.0484. The van der Waals surface area contributed by atoms with Crippen molar-refractivity contribution in [3.05, 3.63) is 0 Å². The van der Waals surface area contributed by atoms with Gasteiger partial charge in [0.05, 0.1) is 23.7 Å². The molecule has 1 atom stereocenters. The number of nitrogens with zero attached hydrogens (tertiary/aromatic N) is 1. The van der Waals surface area contributed by atoms with Crippen molar-refractivity contribution in [2.75, 3.05) is 44.8 Å². The van der Waals surface area contributed by atoms with Crippen molar-refractivity contribution < 1.29 is 13.5 Å². The predicted octanol–water partition coefficient (Wildman–Crippen LogP) is -0.923. The molecule has 1 saturated heterocycles. The molecule has 5 nitrogen and oxygen atoms in total. The molecule has 6 heteroatoms. The molecule has 1 unspecified atom stereocenters. The number of sulfone groups is 1. The average molecular weight is 250 g/mol. The molecular formula is C10H22N2O3S. The summed E-state index contributed by atoms with van der Waals surface area (Å²) in [6.45, 7) is 4.02. The molecule has 0 amide bonds. The fourth-order valence-corrected chi connectivity index (χ4v) is 3.16. The maximum Gasteiger partial charge on any atom is 0.151 e. The van der Waals surface area contributed by atoms with Gasteiger partial charge < -0.3 is 15.3 Å². The normalized spacial score (nSPS) is 25.9. The molecule has 0 aromatic rings. The van der Waals surface area contributed by atoms with E-state index in [0.717, 1.165) is 6.54 Å². The quantitative estimate of drug-likeness (QED) is 0.675.